The van der Waals surface area contributed by atoms with Crippen molar-refractivity contribution in [2.45, 2.75) is 58.0 Å². The van der Waals surface area contributed by atoms with Crippen LogP contribution in [0.4, 0.5) is 0 Å². The Hall–Kier alpha value is -1.10. The summed E-state index contributed by atoms with van der Waals surface area (Å²) in [5.41, 5.74) is 10.3. The van der Waals surface area contributed by atoms with Crippen molar-refractivity contribution >= 4 is 11.8 Å². The molecule has 0 saturated heterocycles. The molecular formula is C13H25N3O2. The van der Waals surface area contributed by atoms with Crippen molar-refractivity contribution in [2.24, 2.45) is 23.3 Å². The van der Waals surface area contributed by atoms with E-state index < -0.39 is 11.4 Å². The Morgan fingerprint density at radius 1 is 1.33 bits per heavy atom. The van der Waals surface area contributed by atoms with Gasteiger partial charge in [-0.25, -0.2) is 0 Å². The first-order valence-corrected chi connectivity index (χ1v) is 6.65. The Bertz CT molecular complexity index is 330. The van der Waals surface area contributed by atoms with Crippen LogP contribution in [0.3, 0.4) is 0 Å². The van der Waals surface area contributed by atoms with Gasteiger partial charge in [-0.3, -0.25) is 9.59 Å². The first kappa shape index (κ1) is 15.0. The molecular weight excluding hydrogens is 230 g/mol. The zero-order valence-corrected chi connectivity index (χ0v) is 11.5. The molecule has 1 aliphatic rings. The van der Waals surface area contributed by atoms with Crippen molar-refractivity contribution in [1.29, 1.82) is 0 Å². The van der Waals surface area contributed by atoms with Gasteiger partial charge < -0.3 is 16.8 Å². The third-order valence-electron chi connectivity index (χ3n) is 4.13. The zero-order chi connectivity index (χ0) is 13.9. The molecule has 0 radical (unpaired) electrons. The molecule has 0 aromatic carbocycles. The Kier molecular flexibility index (Phi) is 4.73. The summed E-state index contributed by atoms with van der Waals surface area (Å²) in [6.45, 7) is 5.43. The van der Waals surface area contributed by atoms with E-state index in [-0.39, 0.29) is 23.8 Å². The van der Waals surface area contributed by atoms with Gasteiger partial charge in [0.15, 0.2) is 0 Å². The van der Waals surface area contributed by atoms with Gasteiger partial charge in [0.2, 0.25) is 11.8 Å². The average Bonchev–Trinajstić information content (AvgIpc) is 2.28. The van der Waals surface area contributed by atoms with Crippen molar-refractivity contribution < 1.29 is 9.59 Å². The highest BCUT2D eigenvalue weighted by Gasteiger charge is 2.38. The van der Waals surface area contributed by atoms with E-state index in [1.807, 2.05) is 13.8 Å². The lowest BCUT2D eigenvalue weighted by Gasteiger charge is -2.34. The summed E-state index contributed by atoms with van der Waals surface area (Å²) >= 11 is 0. The number of hydrogen-bond acceptors (Lipinski definition) is 3. The van der Waals surface area contributed by atoms with E-state index >= 15 is 0 Å². The topological polar surface area (TPSA) is 98.2 Å². The monoisotopic (exact) mass is 255 g/mol. The molecule has 0 heterocycles. The minimum absolute atomic E-state index is 0.0452. The summed E-state index contributed by atoms with van der Waals surface area (Å²) < 4.78 is 0. The summed E-state index contributed by atoms with van der Waals surface area (Å²) in [4.78, 5) is 23.7. The molecule has 1 fully saturated rings. The van der Waals surface area contributed by atoms with Gasteiger partial charge in [0.05, 0.1) is 0 Å². The van der Waals surface area contributed by atoms with Crippen LogP contribution in [0.25, 0.3) is 0 Å². The summed E-state index contributed by atoms with van der Waals surface area (Å²) in [7, 11) is 0. The maximum atomic E-state index is 12.2. The number of carbonyl (C=O) groups is 2. The molecule has 5 N–H and O–H groups in total. The Morgan fingerprint density at radius 2 is 1.94 bits per heavy atom. The van der Waals surface area contributed by atoms with E-state index in [1.165, 1.54) is 0 Å². The third kappa shape index (κ3) is 3.22. The summed E-state index contributed by atoms with van der Waals surface area (Å²) in [6, 6.07) is 0.0911. The zero-order valence-electron chi connectivity index (χ0n) is 11.5. The fraction of sp³-hybridized carbons (Fsp3) is 0.846. The summed E-state index contributed by atoms with van der Waals surface area (Å²) in [5.74, 6) is -0.728. The molecule has 0 aromatic rings. The lowest BCUT2D eigenvalue weighted by molar-refractivity contribution is -0.135. The van der Waals surface area contributed by atoms with Crippen molar-refractivity contribution in [1.82, 2.24) is 5.32 Å². The first-order chi connectivity index (χ1) is 8.27. The largest absolute Gasteiger partial charge is 0.368 e. The number of carbonyl (C=O) groups excluding carboxylic acids is 2. The van der Waals surface area contributed by atoms with E-state index in [9.17, 15) is 9.59 Å². The van der Waals surface area contributed by atoms with Gasteiger partial charge in [0, 0.05) is 12.0 Å². The second kappa shape index (κ2) is 5.69. The van der Waals surface area contributed by atoms with Crippen LogP contribution in [0.2, 0.25) is 0 Å². The molecule has 5 heteroatoms. The van der Waals surface area contributed by atoms with Crippen molar-refractivity contribution in [3.63, 3.8) is 0 Å². The fourth-order valence-electron chi connectivity index (χ4n) is 2.31. The van der Waals surface area contributed by atoms with Gasteiger partial charge in [-0.2, -0.15) is 0 Å². The molecule has 0 spiro atoms. The first-order valence-electron chi connectivity index (χ1n) is 6.65. The number of primary amides is 1. The van der Waals surface area contributed by atoms with Crippen LogP contribution in [-0.2, 0) is 9.59 Å². The molecule has 1 aliphatic carbocycles. The van der Waals surface area contributed by atoms with Gasteiger partial charge in [-0.05, 0) is 32.1 Å². The van der Waals surface area contributed by atoms with Crippen LogP contribution in [0.1, 0.15) is 46.5 Å². The summed E-state index contributed by atoms with van der Waals surface area (Å²) in [6.07, 6.45) is 3.47. The van der Waals surface area contributed by atoms with E-state index in [4.69, 9.17) is 11.5 Å². The molecule has 104 valence electrons. The maximum absolute atomic E-state index is 12.2. The molecule has 1 rings (SSSR count). The Balaban J connectivity index is 2.70. The normalized spacial score (nSPS) is 27.6. The van der Waals surface area contributed by atoms with E-state index in [1.54, 1.807) is 6.92 Å². The number of hydrogen-bond donors (Lipinski definition) is 3. The van der Waals surface area contributed by atoms with Crippen molar-refractivity contribution in [3.8, 4) is 0 Å². The van der Waals surface area contributed by atoms with Gasteiger partial charge in [0.1, 0.15) is 5.54 Å². The van der Waals surface area contributed by atoms with Gasteiger partial charge in [-0.15, -0.1) is 0 Å². The minimum Gasteiger partial charge on any atom is -0.368 e. The second-order valence-corrected chi connectivity index (χ2v) is 5.83. The summed E-state index contributed by atoms with van der Waals surface area (Å²) in [5, 5.41) is 2.81. The second-order valence-electron chi connectivity index (χ2n) is 5.83. The number of nitrogens with one attached hydrogen (secondary N) is 1. The van der Waals surface area contributed by atoms with Crippen LogP contribution in [-0.4, -0.2) is 23.4 Å². The lowest BCUT2D eigenvalue weighted by Crippen LogP contribution is -2.60. The van der Waals surface area contributed by atoms with Crippen LogP contribution in [0.15, 0.2) is 0 Å². The number of rotatable bonds is 4. The quantitative estimate of drug-likeness (QED) is 0.683. The molecule has 0 aromatic heterocycles. The SMILES string of the molecule is CC(C)C(C)(NC(=O)C1CCCC(N)C1)C(N)=O. The molecule has 18 heavy (non-hydrogen) atoms. The standard InChI is InChI=1S/C13H25N3O2/c1-8(2)13(3,12(15)18)16-11(17)9-5-4-6-10(14)7-9/h8-10H,4-7,14H2,1-3H3,(H2,15,18)(H,16,17). The van der Waals surface area contributed by atoms with Crippen LogP contribution < -0.4 is 16.8 Å². The molecule has 1 saturated carbocycles. The van der Waals surface area contributed by atoms with E-state index in [0.29, 0.717) is 6.42 Å². The van der Waals surface area contributed by atoms with E-state index in [2.05, 4.69) is 5.32 Å². The van der Waals surface area contributed by atoms with Crippen LogP contribution in [0.5, 0.6) is 0 Å². The van der Waals surface area contributed by atoms with Gasteiger partial charge >= 0.3 is 0 Å². The highest BCUT2D eigenvalue weighted by molar-refractivity contribution is 5.91. The highest BCUT2D eigenvalue weighted by atomic mass is 16.2. The highest BCUT2D eigenvalue weighted by Crippen LogP contribution is 2.25. The number of nitrogens with two attached hydrogens (primary N) is 2. The molecule has 3 atom stereocenters. The van der Waals surface area contributed by atoms with Crippen molar-refractivity contribution in [2.75, 3.05) is 0 Å². The maximum Gasteiger partial charge on any atom is 0.243 e. The molecule has 5 nitrogen and oxygen atoms in total. The predicted molar refractivity (Wildman–Crippen MR) is 70.5 cm³/mol. The smallest absolute Gasteiger partial charge is 0.243 e. The fourth-order valence-corrected chi connectivity index (χ4v) is 2.31. The van der Waals surface area contributed by atoms with E-state index in [0.717, 1.165) is 19.3 Å². The molecule has 3 unspecified atom stereocenters. The van der Waals surface area contributed by atoms with Crippen LogP contribution >= 0.6 is 0 Å². The third-order valence-corrected chi connectivity index (χ3v) is 4.13. The van der Waals surface area contributed by atoms with Gasteiger partial charge in [-0.1, -0.05) is 20.3 Å². The van der Waals surface area contributed by atoms with Crippen LogP contribution in [0, 0.1) is 11.8 Å². The molecule has 2 amide bonds. The lowest BCUT2D eigenvalue weighted by atomic mass is 9.83. The Labute approximate surface area is 109 Å². The Morgan fingerprint density at radius 3 is 2.39 bits per heavy atom. The predicted octanol–water partition coefficient (Wildman–Crippen LogP) is 0.520. The molecule has 0 aliphatic heterocycles. The van der Waals surface area contributed by atoms with Gasteiger partial charge in [0.25, 0.3) is 0 Å². The molecule has 0 bridgehead atoms. The average molecular weight is 255 g/mol. The van der Waals surface area contributed by atoms with Crippen molar-refractivity contribution in [3.05, 3.63) is 0 Å². The number of amides is 2. The minimum atomic E-state index is -0.987.